The highest BCUT2D eigenvalue weighted by Gasteiger charge is 2.50. The van der Waals surface area contributed by atoms with Gasteiger partial charge in [0.15, 0.2) is 17.9 Å². The number of aromatic nitrogens is 1. The van der Waals surface area contributed by atoms with Crippen molar-refractivity contribution in [2.75, 3.05) is 13.7 Å². The Balaban J connectivity index is 1.16. The number of phenolic OH excluding ortho intramolecular Hbond substituents is 2. The van der Waals surface area contributed by atoms with Gasteiger partial charge in [0.2, 0.25) is 23.5 Å². The lowest BCUT2D eigenvalue weighted by molar-refractivity contribution is -0.249. The van der Waals surface area contributed by atoms with Gasteiger partial charge in [0.1, 0.15) is 35.0 Å². The maximum atomic E-state index is 14.0. The van der Waals surface area contributed by atoms with Gasteiger partial charge in [-0.2, -0.15) is 0 Å². The molecule has 0 spiro atoms. The Bertz CT molecular complexity index is 2260. The molecular weight excluding hydrogens is 756 g/mol. The van der Waals surface area contributed by atoms with Gasteiger partial charge in [0, 0.05) is 60.5 Å². The van der Waals surface area contributed by atoms with E-state index < -0.39 is 119 Å². The molecular formula is C41H44N4O13. The first kappa shape index (κ1) is 40.4. The number of primary amides is 1. The number of carbonyl (C=O) groups is 6. The molecule has 0 unspecified atom stereocenters. The summed E-state index contributed by atoms with van der Waals surface area (Å²) in [5, 5.41) is 49.1. The number of benzene rings is 2. The molecule has 306 valence electrons. The Morgan fingerprint density at radius 3 is 2.50 bits per heavy atom. The van der Waals surface area contributed by atoms with Gasteiger partial charge < -0.3 is 50.6 Å². The van der Waals surface area contributed by atoms with Gasteiger partial charge >= 0.3 is 0 Å². The van der Waals surface area contributed by atoms with E-state index in [2.05, 4.69) is 10.3 Å². The van der Waals surface area contributed by atoms with Crippen molar-refractivity contribution in [2.45, 2.75) is 101 Å². The number of nitrogens with two attached hydrogens (primary N) is 1. The fourth-order valence-electron chi connectivity index (χ4n) is 8.71. The molecule has 0 saturated carbocycles. The Morgan fingerprint density at radius 1 is 1.09 bits per heavy atom. The summed E-state index contributed by atoms with van der Waals surface area (Å²) < 4.78 is 17.6. The molecule has 2 aliphatic heterocycles. The van der Waals surface area contributed by atoms with Crippen molar-refractivity contribution in [3.63, 3.8) is 0 Å². The summed E-state index contributed by atoms with van der Waals surface area (Å²) >= 11 is 0. The normalized spacial score (nSPS) is 26.9. The minimum atomic E-state index is -2.14. The number of aliphatic hydroxyl groups excluding tert-OH is 1. The number of amides is 3. The lowest BCUT2D eigenvalue weighted by atomic mass is 9.72. The summed E-state index contributed by atoms with van der Waals surface area (Å²) in [6.07, 6.45) is -2.43. The zero-order valence-corrected chi connectivity index (χ0v) is 32.2. The lowest BCUT2D eigenvalue weighted by Gasteiger charge is -2.43. The van der Waals surface area contributed by atoms with E-state index in [4.69, 9.17) is 19.9 Å². The summed E-state index contributed by atoms with van der Waals surface area (Å²) in [6.45, 7) is 4.53. The van der Waals surface area contributed by atoms with Crippen LogP contribution in [0, 0.1) is 0 Å². The first-order valence-electron chi connectivity index (χ1n) is 18.9. The number of pyridine rings is 1. The minimum Gasteiger partial charge on any atom is -0.507 e. The van der Waals surface area contributed by atoms with Crippen molar-refractivity contribution in [3.8, 4) is 17.2 Å². The number of hydrogen-bond acceptors (Lipinski definition) is 14. The molecule has 17 nitrogen and oxygen atoms in total. The zero-order valence-electron chi connectivity index (χ0n) is 32.2. The van der Waals surface area contributed by atoms with E-state index in [1.54, 1.807) is 6.92 Å². The second-order valence-corrected chi connectivity index (χ2v) is 15.3. The van der Waals surface area contributed by atoms with Crippen LogP contribution in [0.4, 0.5) is 0 Å². The maximum Gasteiger partial charge on any atom is 0.249 e. The lowest BCUT2D eigenvalue weighted by Crippen LogP contribution is -2.58. The predicted octanol–water partition coefficient (Wildman–Crippen LogP) is 1.48. The van der Waals surface area contributed by atoms with Crippen LogP contribution >= 0.6 is 0 Å². The van der Waals surface area contributed by atoms with Crippen molar-refractivity contribution in [1.82, 2.24) is 15.2 Å². The van der Waals surface area contributed by atoms with Crippen LogP contribution < -0.4 is 15.8 Å². The van der Waals surface area contributed by atoms with Gasteiger partial charge in [-0.25, -0.2) is 0 Å². The number of nitrogens with one attached hydrogen (secondary N) is 1. The summed E-state index contributed by atoms with van der Waals surface area (Å²) in [6, 6.07) is 3.85. The number of ether oxygens (including phenoxy) is 3. The molecule has 2 saturated heterocycles. The average Bonchev–Trinajstić information content (AvgIpc) is 3.69. The number of Topliss-reactive ketones (excluding diaryl/α,β-unsaturated/α-hetero) is 1. The molecule has 3 heterocycles. The largest absolute Gasteiger partial charge is 0.507 e. The van der Waals surface area contributed by atoms with E-state index in [1.807, 2.05) is 0 Å². The van der Waals surface area contributed by atoms with Crippen molar-refractivity contribution >= 4 is 35.1 Å². The molecule has 7 rings (SSSR count). The van der Waals surface area contributed by atoms with Crippen LogP contribution in [0.5, 0.6) is 17.2 Å². The standard InChI is InChI=1S/C41H44N4O13/c1-17(23-16-43-11-10-20(23)38(42)52)40(54)45-12-6-8-25(45)39(53)44-24-13-28(57-18(2)33(24)47)58-27-15-41(55,19(3)46)14-22-30(27)37(51)32-31(35(22)49)34(48)21-7-5-9-26(56-4)29(21)36(32)50/h5,7,9-11,16-18,24-25,27-28,33,47,49,51,55H,6,8,12-15H2,1-4H3,(H2,42,52)(H,44,53)/t17-,18+,24+,25-,27+,28+,33-,41+/m1/s1. The van der Waals surface area contributed by atoms with Crippen LogP contribution in [0.25, 0.3) is 0 Å². The number of likely N-dealkylation sites (tertiary alicyclic amines) is 1. The first-order chi connectivity index (χ1) is 27.5. The fourth-order valence-corrected chi connectivity index (χ4v) is 8.71. The van der Waals surface area contributed by atoms with E-state index in [0.29, 0.717) is 18.4 Å². The second-order valence-electron chi connectivity index (χ2n) is 15.3. The topological polar surface area (TPSA) is 265 Å². The Morgan fingerprint density at radius 2 is 1.81 bits per heavy atom. The third kappa shape index (κ3) is 6.66. The number of ketones is 3. The monoisotopic (exact) mass is 800 g/mol. The van der Waals surface area contributed by atoms with E-state index in [0.717, 1.165) is 6.92 Å². The Hall–Kier alpha value is -5.75. The summed E-state index contributed by atoms with van der Waals surface area (Å²) in [7, 11) is 1.31. The number of rotatable bonds is 9. The van der Waals surface area contributed by atoms with Crippen LogP contribution in [0.1, 0.15) is 117 Å². The second kappa shape index (κ2) is 15.2. The Labute approximate surface area is 332 Å². The number of carbonyl (C=O) groups excluding carboxylic acids is 6. The zero-order chi connectivity index (χ0) is 42.0. The number of fused-ring (bicyclic) bond motifs is 3. The number of methoxy groups -OCH3 is 1. The molecule has 1 aromatic heterocycles. The molecule has 2 aromatic carbocycles. The summed E-state index contributed by atoms with van der Waals surface area (Å²) in [4.78, 5) is 85.8. The fraction of sp³-hybridized carbons (Fsp3) is 0.439. The van der Waals surface area contributed by atoms with Gasteiger partial charge in [-0.05, 0) is 51.3 Å². The number of nitrogens with zero attached hydrogens (tertiary/aromatic N) is 2. The molecule has 8 atom stereocenters. The van der Waals surface area contributed by atoms with Gasteiger partial charge in [-0.3, -0.25) is 33.8 Å². The van der Waals surface area contributed by atoms with E-state index in [-0.39, 0.29) is 46.5 Å². The maximum absolute atomic E-state index is 14.0. The van der Waals surface area contributed by atoms with Crippen molar-refractivity contribution < 1.29 is 63.4 Å². The van der Waals surface area contributed by atoms with Crippen LogP contribution in [0.3, 0.4) is 0 Å². The summed E-state index contributed by atoms with van der Waals surface area (Å²) in [5.74, 6) is -6.18. The van der Waals surface area contributed by atoms with E-state index >= 15 is 0 Å². The molecule has 0 radical (unpaired) electrons. The minimum absolute atomic E-state index is 0.0680. The van der Waals surface area contributed by atoms with Crippen LogP contribution in [0.2, 0.25) is 0 Å². The molecule has 3 amide bonds. The van der Waals surface area contributed by atoms with Crippen molar-refractivity contribution in [2.24, 2.45) is 5.73 Å². The smallest absolute Gasteiger partial charge is 0.249 e. The SMILES string of the molecule is COc1cccc2c1C(=O)c1c(O)c3c(c(O)c1C2=O)C[C@@](O)(C(C)=O)C[C@@H]3O[C@H]1C[C@H](NC(=O)[C@H]2CCCN2C(=O)[C@H](C)c2cnccc2C(N)=O)[C@H](O)[C@H](C)O1. The molecule has 3 aromatic rings. The third-order valence-electron chi connectivity index (χ3n) is 11.9. The highest BCUT2D eigenvalue weighted by Crippen LogP contribution is 2.52. The number of phenols is 2. The van der Waals surface area contributed by atoms with Crippen molar-refractivity contribution in [1.29, 1.82) is 0 Å². The number of hydrogen-bond donors (Lipinski definition) is 6. The third-order valence-corrected chi connectivity index (χ3v) is 11.9. The van der Waals surface area contributed by atoms with Gasteiger partial charge in [0.25, 0.3) is 0 Å². The first-order valence-corrected chi connectivity index (χ1v) is 18.9. The van der Waals surface area contributed by atoms with Crippen LogP contribution in [-0.2, 0) is 30.3 Å². The van der Waals surface area contributed by atoms with E-state index in [9.17, 15) is 49.2 Å². The van der Waals surface area contributed by atoms with Crippen LogP contribution in [-0.4, -0.2) is 115 Å². The molecule has 7 N–H and O–H groups in total. The highest BCUT2D eigenvalue weighted by molar-refractivity contribution is 6.31. The van der Waals surface area contributed by atoms with Gasteiger partial charge in [-0.15, -0.1) is 0 Å². The van der Waals surface area contributed by atoms with E-state index in [1.165, 1.54) is 55.6 Å². The highest BCUT2D eigenvalue weighted by atomic mass is 16.7. The quantitative estimate of drug-likeness (QED) is 0.131. The summed E-state index contributed by atoms with van der Waals surface area (Å²) in [5.41, 5.74) is 2.33. The molecule has 58 heavy (non-hydrogen) atoms. The molecule has 17 heteroatoms. The predicted molar refractivity (Wildman–Crippen MR) is 200 cm³/mol. The van der Waals surface area contributed by atoms with Crippen LogP contribution in [0.15, 0.2) is 36.7 Å². The molecule has 2 fully saturated rings. The molecule has 0 bridgehead atoms. The van der Waals surface area contributed by atoms with Crippen molar-refractivity contribution in [3.05, 3.63) is 81.2 Å². The number of aromatic hydroxyl groups is 2. The molecule has 2 aliphatic carbocycles. The molecule has 4 aliphatic rings. The Kier molecular flexibility index (Phi) is 10.6. The average molecular weight is 801 g/mol. The number of aliphatic hydroxyl groups is 2. The van der Waals surface area contributed by atoms with Gasteiger partial charge in [-0.1, -0.05) is 12.1 Å². The van der Waals surface area contributed by atoms with Gasteiger partial charge in [0.05, 0.1) is 48.0 Å².